The molecule has 2 atom stereocenters. The Balaban J connectivity index is 2.64. The topological polar surface area (TPSA) is 94.8 Å². The molecule has 0 saturated heterocycles. The van der Waals surface area contributed by atoms with Crippen molar-refractivity contribution in [2.75, 3.05) is 5.75 Å². The molecule has 0 amide bonds. The number of carboxylic acids is 1. The molecule has 0 aliphatic rings. The summed E-state index contributed by atoms with van der Waals surface area (Å²) in [7, 11) is 0. The Morgan fingerprint density at radius 1 is 1.47 bits per heavy atom. The van der Waals surface area contributed by atoms with Crippen LogP contribution in [0.1, 0.15) is 28.3 Å². The largest absolute Gasteiger partial charge is 0.477 e. The highest BCUT2D eigenvalue weighted by Gasteiger charge is 2.21. The zero-order chi connectivity index (χ0) is 13.0. The number of hydrogen-bond donors (Lipinski definition) is 3. The van der Waals surface area contributed by atoms with Crippen LogP contribution >= 0.6 is 23.1 Å². The number of thioether (sulfide) groups is 1. The van der Waals surface area contributed by atoms with E-state index in [0.29, 0.717) is 5.56 Å². The number of rotatable bonds is 5. The summed E-state index contributed by atoms with van der Waals surface area (Å²) in [5.41, 5.74) is 0.351. The molecule has 17 heavy (non-hydrogen) atoms. The van der Waals surface area contributed by atoms with Gasteiger partial charge in [0.05, 0.1) is 6.10 Å². The van der Waals surface area contributed by atoms with Gasteiger partial charge < -0.3 is 15.3 Å². The van der Waals surface area contributed by atoms with Crippen LogP contribution in [0.5, 0.6) is 0 Å². The number of carbonyl (C=O) groups excluding carboxylic acids is 1. The molecule has 1 rings (SSSR count). The second-order valence-electron chi connectivity index (χ2n) is 3.36. The van der Waals surface area contributed by atoms with Crippen LogP contribution in [-0.4, -0.2) is 38.3 Å². The third-order valence-corrected chi connectivity index (χ3v) is 3.84. The van der Waals surface area contributed by atoms with E-state index < -0.39 is 18.2 Å². The monoisotopic (exact) mass is 276 g/mol. The van der Waals surface area contributed by atoms with Gasteiger partial charge in [-0.15, -0.1) is 11.3 Å². The van der Waals surface area contributed by atoms with E-state index in [0.717, 1.165) is 23.1 Å². The first-order valence-corrected chi connectivity index (χ1v) is 6.59. The van der Waals surface area contributed by atoms with Gasteiger partial charge in [0.25, 0.3) is 0 Å². The Morgan fingerprint density at radius 2 is 2.12 bits per heavy atom. The van der Waals surface area contributed by atoms with Crippen LogP contribution in [0.3, 0.4) is 0 Å². The minimum atomic E-state index is -1.17. The number of thiophene rings is 1. The van der Waals surface area contributed by atoms with Crippen LogP contribution in [0.15, 0.2) is 11.4 Å². The fraction of sp³-hybridized carbons (Fsp3) is 0.400. The molecule has 0 aliphatic heterocycles. The van der Waals surface area contributed by atoms with E-state index in [1.54, 1.807) is 0 Å². The van der Waals surface area contributed by atoms with E-state index in [9.17, 15) is 19.8 Å². The lowest BCUT2D eigenvalue weighted by atomic mass is 10.1. The third kappa shape index (κ3) is 4.12. The molecule has 0 radical (unpaired) electrons. The van der Waals surface area contributed by atoms with Crippen LogP contribution in [0, 0.1) is 0 Å². The standard InChI is InChI=1S/C10H12O5S2/c1-5(11)16-4-7(12)9(13)6-2-8(10(14)15)17-3-6/h2-3,7,9,12-13H,4H2,1H3,(H,14,15). The normalized spacial score (nSPS) is 14.3. The predicted octanol–water partition coefficient (Wildman–Crippen LogP) is 1.12. The van der Waals surface area contributed by atoms with Gasteiger partial charge in [-0.2, -0.15) is 0 Å². The summed E-state index contributed by atoms with van der Waals surface area (Å²) in [4.78, 5) is 21.4. The molecule has 0 aliphatic carbocycles. The van der Waals surface area contributed by atoms with Gasteiger partial charge in [0.2, 0.25) is 0 Å². The summed E-state index contributed by atoms with van der Waals surface area (Å²) in [5.74, 6) is -0.990. The molecule has 5 nitrogen and oxygen atoms in total. The van der Waals surface area contributed by atoms with E-state index in [-0.39, 0.29) is 15.7 Å². The maximum absolute atomic E-state index is 10.7. The number of carbonyl (C=O) groups is 2. The first-order valence-electron chi connectivity index (χ1n) is 4.73. The number of aliphatic hydroxyl groups excluding tert-OH is 2. The zero-order valence-corrected chi connectivity index (χ0v) is 10.6. The molecule has 0 spiro atoms. The van der Waals surface area contributed by atoms with Crippen LogP contribution in [0.4, 0.5) is 0 Å². The van der Waals surface area contributed by atoms with Crippen LogP contribution < -0.4 is 0 Å². The van der Waals surface area contributed by atoms with Crippen molar-refractivity contribution >= 4 is 34.2 Å². The van der Waals surface area contributed by atoms with E-state index in [1.807, 2.05) is 0 Å². The Bertz CT molecular complexity index is 415. The first kappa shape index (κ1) is 14.2. The smallest absolute Gasteiger partial charge is 0.345 e. The number of aliphatic hydroxyl groups is 2. The minimum absolute atomic E-state index is 0.0781. The molecule has 1 aromatic heterocycles. The SMILES string of the molecule is CC(=O)SCC(O)C(O)c1csc(C(=O)O)c1. The fourth-order valence-electron chi connectivity index (χ4n) is 1.13. The number of hydrogen-bond acceptors (Lipinski definition) is 6. The lowest BCUT2D eigenvalue weighted by molar-refractivity contribution is -0.109. The van der Waals surface area contributed by atoms with E-state index in [4.69, 9.17) is 5.11 Å². The van der Waals surface area contributed by atoms with Crippen molar-refractivity contribution in [2.45, 2.75) is 19.1 Å². The Hall–Kier alpha value is -0.890. The summed E-state index contributed by atoms with van der Waals surface area (Å²) in [6.45, 7) is 1.37. The van der Waals surface area contributed by atoms with E-state index >= 15 is 0 Å². The molecule has 7 heteroatoms. The Labute approximate surface area is 106 Å². The van der Waals surface area contributed by atoms with Gasteiger partial charge in [0.1, 0.15) is 11.0 Å². The molecule has 0 fully saturated rings. The van der Waals surface area contributed by atoms with Crippen LogP contribution in [0.25, 0.3) is 0 Å². The summed E-state index contributed by atoms with van der Waals surface area (Å²) in [6.07, 6.45) is -2.27. The van der Waals surface area contributed by atoms with Crippen molar-refractivity contribution in [3.8, 4) is 0 Å². The predicted molar refractivity (Wildman–Crippen MR) is 65.4 cm³/mol. The van der Waals surface area contributed by atoms with Gasteiger partial charge in [-0.25, -0.2) is 4.79 Å². The van der Waals surface area contributed by atoms with Gasteiger partial charge in [-0.1, -0.05) is 11.8 Å². The van der Waals surface area contributed by atoms with E-state index in [1.165, 1.54) is 18.4 Å². The molecule has 2 unspecified atom stereocenters. The second kappa shape index (κ2) is 6.15. The highest BCUT2D eigenvalue weighted by molar-refractivity contribution is 8.13. The average Bonchev–Trinajstić information content (AvgIpc) is 2.73. The second-order valence-corrected chi connectivity index (χ2v) is 5.47. The van der Waals surface area contributed by atoms with Gasteiger partial charge in [0, 0.05) is 12.7 Å². The fourth-order valence-corrected chi connectivity index (χ4v) is 2.50. The highest BCUT2D eigenvalue weighted by Crippen LogP contribution is 2.25. The molecule has 1 heterocycles. The van der Waals surface area contributed by atoms with E-state index in [2.05, 4.69) is 0 Å². The molecule has 3 N–H and O–H groups in total. The van der Waals surface area contributed by atoms with Crippen molar-refractivity contribution < 1.29 is 24.9 Å². The quantitative estimate of drug-likeness (QED) is 0.746. The summed E-state index contributed by atoms with van der Waals surface area (Å²) in [6, 6.07) is 1.32. The average molecular weight is 276 g/mol. The molecular weight excluding hydrogens is 264 g/mol. The van der Waals surface area contributed by atoms with Crippen LogP contribution in [0.2, 0.25) is 0 Å². The molecule has 0 bridgehead atoms. The van der Waals surface area contributed by atoms with Crippen molar-refractivity contribution in [3.05, 3.63) is 21.9 Å². The van der Waals surface area contributed by atoms with Crippen molar-refractivity contribution in [1.29, 1.82) is 0 Å². The minimum Gasteiger partial charge on any atom is -0.477 e. The molecule has 0 aromatic carbocycles. The van der Waals surface area contributed by atoms with Crippen molar-refractivity contribution in [1.82, 2.24) is 0 Å². The first-order chi connectivity index (χ1) is 7.91. The lowest BCUT2D eigenvalue weighted by Gasteiger charge is -2.15. The molecule has 0 saturated carbocycles. The maximum atomic E-state index is 10.7. The number of carboxylic acid groups (broad SMARTS) is 1. The maximum Gasteiger partial charge on any atom is 0.345 e. The van der Waals surface area contributed by atoms with Gasteiger partial charge in [-0.05, 0) is 17.0 Å². The van der Waals surface area contributed by atoms with Crippen LogP contribution in [-0.2, 0) is 4.79 Å². The molecule has 94 valence electrons. The van der Waals surface area contributed by atoms with Crippen molar-refractivity contribution in [3.63, 3.8) is 0 Å². The summed E-state index contributed by atoms with van der Waals surface area (Å²) in [5, 5.41) is 29.4. The summed E-state index contributed by atoms with van der Waals surface area (Å²) < 4.78 is 0. The number of aromatic carboxylic acids is 1. The van der Waals surface area contributed by atoms with Gasteiger partial charge >= 0.3 is 5.97 Å². The summed E-state index contributed by atoms with van der Waals surface area (Å²) >= 11 is 1.90. The third-order valence-electron chi connectivity index (χ3n) is 1.99. The zero-order valence-electron chi connectivity index (χ0n) is 8.99. The Morgan fingerprint density at radius 3 is 2.59 bits per heavy atom. The molecular formula is C10H12O5S2. The lowest BCUT2D eigenvalue weighted by Crippen LogP contribution is -2.21. The molecule has 1 aromatic rings. The highest BCUT2D eigenvalue weighted by atomic mass is 32.2. The van der Waals surface area contributed by atoms with Crippen molar-refractivity contribution in [2.24, 2.45) is 0 Å². The van der Waals surface area contributed by atoms with Gasteiger partial charge in [-0.3, -0.25) is 4.79 Å². The van der Waals surface area contributed by atoms with Gasteiger partial charge in [0.15, 0.2) is 5.12 Å². The Kier molecular flexibility index (Phi) is 5.13.